The van der Waals surface area contributed by atoms with E-state index in [2.05, 4.69) is 77.9 Å². The third kappa shape index (κ3) is 8.35. The molecular formula is C46H52O10. The fourth-order valence-electron chi connectivity index (χ4n) is 7.13. The van der Waals surface area contributed by atoms with Crippen molar-refractivity contribution < 1.29 is 48.0 Å². The van der Waals surface area contributed by atoms with Crippen LogP contribution in [0.4, 0.5) is 0 Å². The molecule has 5 rings (SSSR count). The summed E-state index contributed by atoms with van der Waals surface area (Å²) in [5.41, 5.74) is 5.76. The molecule has 296 valence electrons. The first-order valence-corrected chi connectivity index (χ1v) is 18.9. The molecule has 0 atom stereocenters. The van der Waals surface area contributed by atoms with Gasteiger partial charge in [-0.2, -0.15) is 0 Å². The number of carbonyl (C=O) groups is 4. The van der Waals surface area contributed by atoms with Crippen molar-refractivity contribution in [3.05, 3.63) is 117 Å². The number of methoxy groups -OCH3 is 1. The highest BCUT2D eigenvalue weighted by atomic mass is 16.6. The highest BCUT2D eigenvalue weighted by molar-refractivity contribution is 5.96. The van der Waals surface area contributed by atoms with E-state index in [1.807, 2.05) is 12.1 Å². The van der Waals surface area contributed by atoms with Crippen LogP contribution >= 0.6 is 0 Å². The van der Waals surface area contributed by atoms with Crippen LogP contribution < -0.4 is 9.47 Å². The van der Waals surface area contributed by atoms with E-state index in [0.29, 0.717) is 11.1 Å². The van der Waals surface area contributed by atoms with Crippen LogP contribution in [0.25, 0.3) is 11.1 Å². The van der Waals surface area contributed by atoms with Crippen LogP contribution in [0.3, 0.4) is 0 Å². The van der Waals surface area contributed by atoms with Gasteiger partial charge in [-0.05, 0) is 93.5 Å². The summed E-state index contributed by atoms with van der Waals surface area (Å²) in [4.78, 5) is 51.8. The lowest BCUT2D eigenvalue weighted by Gasteiger charge is -2.36. The number of hydrogen-bond acceptors (Lipinski definition) is 9. The highest BCUT2D eigenvalue weighted by Crippen LogP contribution is 2.58. The van der Waals surface area contributed by atoms with Crippen LogP contribution in [-0.4, -0.2) is 62.5 Å². The largest absolute Gasteiger partial charge is 0.492 e. The molecular weight excluding hydrogens is 712 g/mol. The van der Waals surface area contributed by atoms with Crippen molar-refractivity contribution in [3.63, 3.8) is 0 Å². The Morgan fingerprint density at radius 3 is 1.55 bits per heavy atom. The Balaban J connectivity index is 1.94. The lowest BCUT2D eigenvalue weighted by molar-refractivity contribution is -0.137. The van der Waals surface area contributed by atoms with Gasteiger partial charge in [-0.3, -0.25) is 9.59 Å². The Morgan fingerprint density at radius 2 is 1.11 bits per heavy atom. The summed E-state index contributed by atoms with van der Waals surface area (Å²) in [6.45, 7) is 16.5. The van der Waals surface area contributed by atoms with Crippen molar-refractivity contribution in [1.29, 1.82) is 0 Å². The van der Waals surface area contributed by atoms with Crippen molar-refractivity contribution in [1.82, 2.24) is 0 Å². The maximum absolute atomic E-state index is 13.8. The van der Waals surface area contributed by atoms with Gasteiger partial charge in [0.05, 0.1) is 44.7 Å². The number of carboxylic acid groups (broad SMARTS) is 1. The molecule has 0 unspecified atom stereocenters. The zero-order valence-corrected chi connectivity index (χ0v) is 33.8. The van der Waals surface area contributed by atoms with E-state index >= 15 is 0 Å². The quantitative estimate of drug-likeness (QED) is 0.0864. The van der Waals surface area contributed by atoms with E-state index < -0.39 is 29.3 Å². The van der Waals surface area contributed by atoms with Crippen LogP contribution in [0.5, 0.6) is 11.5 Å². The van der Waals surface area contributed by atoms with Crippen LogP contribution in [-0.2, 0) is 40.0 Å². The number of hydrogen-bond donors (Lipinski definition) is 1. The summed E-state index contributed by atoms with van der Waals surface area (Å²) < 4.78 is 27.8. The van der Waals surface area contributed by atoms with Crippen molar-refractivity contribution in [2.75, 3.05) is 33.5 Å². The Kier molecular flexibility index (Phi) is 12.4. The third-order valence-corrected chi connectivity index (χ3v) is 9.99. The van der Waals surface area contributed by atoms with E-state index in [9.17, 15) is 24.3 Å². The van der Waals surface area contributed by atoms with Crippen LogP contribution in [0.2, 0.25) is 0 Å². The van der Waals surface area contributed by atoms with Crippen LogP contribution in [0.1, 0.15) is 122 Å². The normalized spacial score (nSPS) is 13.0. The molecule has 1 aliphatic carbocycles. The zero-order chi connectivity index (χ0) is 41.0. The molecule has 0 aliphatic heterocycles. The van der Waals surface area contributed by atoms with Crippen LogP contribution in [0, 0.1) is 0 Å². The molecule has 0 saturated carbocycles. The van der Waals surface area contributed by atoms with Crippen molar-refractivity contribution in [2.24, 2.45) is 0 Å². The van der Waals surface area contributed by atoms with Gasteiger partial charge in [0.1, 0.15) is 22.6 Å². The first-order valence-electron chi connectivity index (χ1n) is 18.9. The van der Waals surface area contributed by atoms with Gasteiger partial charge in [0, 0.05) is 7.11 Å². The fraction of sp³-hybridized carbons (Fsp3) is 0.391. The minimum absolute atomic E-state index is 0.0200. The van der Waals surface area contributed by atoms with Gasteiger partial charge in [-0.25, -0.2) is 9.59 Å². The molecule has 0 heterocycles. The number of benzene rings is 4. The first-order chi connectivity index (χ1) is 26.5. The highest BCUT2D eigenvalue weighted by Gasteiger charge is 2.48. The van der Waals surface area contributed by atoms with Crippen molar-refractivity contribution >= 4 is 23.9 Å². The molecule has 0 saturated heterocycles. The van der Waals surface area contributed by atoms with E-state index in [4.69, 9.17) is 23.7 Å². The third-order valence-electron chi connectivity index (χ3n) is 9.99. The molecule has 4 aromatic carbocycles. The first kappa shape index (κ1) is 41.7. The van der Waals surface area contributed by atoms with Gasteiger partial charge in [0.15, 0.2) is 0 Å². The van der Waals surface area contributed by atoms with E-state index in [0.717, 1.165) is 33.4 Å². The van der Waals surface area contributed by atoms with Crippen LogP contribution in [0.15, 0.2) is 72.8 Å². The summed E-state index contributed by atoms with van der Waals surface area (Å²) >= 11 is 0. The van der Waals surface area contributed by atoms with Gasteiger partial charge in [-0.15, -0.1) is 0 Å². The smallest absolute Gasteiger partial charge is 0.341 e. The minimum Gasteiger partial charge on any atom is -0.492 e. The predicted octanol–water partition coefficient (Wildman–Crippen LogP) is 8.79. The monoisotopic (exact) mass is 764 g/mol. The number of ether oxygens (including phenoxy) is 5. The number of carbonyl (C=O) groups excluding carboxylic acids is 3. The molecule has 0 fully saturated rings. The number of fused-ring (bicyclic) bond motifs is 3. The lowest BCUT2D eigenvalue weighted by atomic mass is 9.66. The molecule has 0 aromatic heterocycles. The summed E-state index contributed by atoms with van der Waals surface area (Å²) in [6, 6.07) is 23.3. The standard InChI is InChI=1S/C46H52O10/c1-10-53-42(50)34-24-30(14-18-38(34)55-23-20-40(47)48)46(31-15-19-39(56-41(49)21-22-52-9)35(25-31)43(51)54-11-2)36-26-28(44(3,4)5)12-16-32(36)33-17-13-29(27-37(33)46)45(6,7)8/h12-19,24-27H,10-11,20-23H2,1-9H3,(H,47,48). The van der Waals surface area contributed by atoms with Gasteiger partial charge in [-0.1, -0.05) is 90.1 Å². The summed E-state index contributed by atoms with van der Waals surface area (Å²) in [6.07, 6.45) is -0.285. The molecule has 10 nitrogen and oxygen atoms in total. The predicted molar refractivity (Wildman–Crippen MR) is 213 cm³/mol. The number of esters is 3. The molecule has 56 heavy (non-hydrogen) atoms. The Labute approximate surface area is 329 Å². The van der Waals surface area contributed by atoms with E-state index in [1.54, 1.807) is 38.1 Å². The fourth-order valence-corrected chi connectivity index (χ4v) is 7.13. The molecule has 0 amide bonds. The van der Waals surface area contributed by atoms with Crippen molar-refractivity contribution in [3.8, 4) is 22.6 Å². The molecule has 10 heteroatoms. The van der Waals surface area contributed by atoms with Gasteiger partial charge >= 0.3 is 23.9 Å². The second-order valence-corrected chi connectivity index (χ2v) is 15.8. The van der Waals surface area contributed by atoms with Gasteiger partial charge in [0.25, 0.3) is 0 Å². The topological polar surface area (TPSA) is 135 Å². The maximum Gasteiger partial charge on any atom is 0.341 e. The number of aliphatic carboxylic acids is 1. The van der Waals surface area contributed by atoms with Gasteiger partial charge < -0.3 is 28.8 Å². The molecule has 4 aromatic rings. The molecule has 0 spiro atoms. The summed E-state index contributed by atoms with van der Waals surface area (Å²) in [7, 11) is 1.49. The van der Waals surface area contributed by atoms with E-state index in [-0.39, 0.29) is 72.7 Å². The zero-order valence-electron chi connectivity index (χ0n) is 33.8. The SMILES string of the molecule is CCOC(=O)c1cc(C2(c3ccc(OC(=O)CCOC)c(C(=O)OCC)c3)c3cc(C(C)(C)C)ccc3-c3ccc(C(C)(C)C)cc32)ccc1OCCC(=O)O. The number of rotatable bonds is 14. The number of carboxylic acids is 1. The second-order valence-electron chi connectivity index (χ2n) is 15.8. The molecule has 0 bridgehead atoms. The van der Waals surface area contributed by atoms with Gasteiger partial charge in [0.2, 0.25) is 0 Å². The Bertz CT molecular complexity index is 2070. The summed E-state index contributed by atoms with van der Waals surface area (Å²) in [5, 5.41) is 9.31. The average molecular weight is 765 g/mol. The lowest BCUT2D eigenvalue weighted by Crippen LogP contribution is -2.31. The minimum atomic E-state index is -1.16. The Hall–Kier alpha value is -5.48. The van der Waals surface area contributed by atoms with E-state index in [1.165, 1.54) is 7.11 Å². The molecule has 0 radical (unpaired) electrons. The molecule has 1 N–H and O–H groups in total. The average Bonchev–Trinajstić information content (AvgIpc) is 3.43. The molecule has 1 aliphatic rings. The summed E-state index contributed by atoms with van der Waals surface area (Å²) in [5.74, 6) is -2.68. The second kappa shape index (κ2) is 16.7. The maximum atomic E-state index is 13.8. The van der Waals surface area contributed by atoms with Crippen molar-refractivity contribution in [2.45, 2.75) is 84.5 Å². The Morgan fingerprint density at radius 1 is 0.625 bits per heavy atom.